The van der Waals surface area contributed by atoms with Crippen molar-refractivity contribution in [3.8, 4) is 0 Å². The Morgan fingerprint density at radius 3 is 2.55 bits per heavy atom. The summed E-state index contributed by atoms with van der Waals surface area (Å²) < 4.78 is 2.99. The van der Waals surface area contributed by atoms with E-state index in [-0.39, 0.29) is 23.9 Å². The fourth-order valence-electron chi connectivity index (χ4n) is 2.74. The first-order valence-electron chi connectivity index (χ1n) is 6.93. The monoisotopic (exact) mass is 408 g/mol. The number of rotatable bonds is 4. The molecule has 1 amide bonds. The summed E-state index contributed by atoms with van der Waals surface area (Å²) in [6.07, 6.45) is 0. The van der Waals surface area contributed by atoms with E-state index in [2.05, 4.69) is 18.4 Å². The van der Waals surface area contributed by atoms with Crippen molar-refractivity contribution in [1.82, 2.24) is 9.99 Å². The van der Waals surface area contributed by atoms with E-state index in [1.807, 2.05) is 13.8 Å². The Bertz CT molecular complexity index is 487. The summed E-state index contributed by atoms with van der Waals surface area (Å²) in [7, 11) is -1.09. The molecule has 2 aliphatic rings. The molecular weight excluding hydrogens is 390 g/mol. The Morgan fingerprint density at radius 2 is 2.05 bits per heavy atom. The molecule has 10 heteroatoms. The third kappa shape index (κ3) is 3.79. The van der Waals surface area contributed by atoms with Crippen LogP contribution in [-0.2, 0) is 14.3 Å². The van der Waals surface area contributed by atoms with Gasteiger partial charge < -0.3 is 0 Å². The van der Waals surface area contributed by atoms with Gasteiger partial charge in [-0.15, -0.1) is 0 Å². The molecule has 0 radical (unpaired) electrons. The second kappa shape index (κ2) is 6.45. The molecule has 0 saturated carbocycles. The molecule has 2 saturated heterocycles. The van der Waals surface area contributed by atoms with Crippen LogP contribution in [0.15, 0.2) is 0 Å². The van der Waals surface area contributed by atoms with Gasteiger partial charge in [0.15, 0.2) is 0 Å². The summed E-state index contributed by atoms with van der Waals surface area (Å²) in [6.45, 7) is 7.75. The van der Waals surface area contributed by atoms with E-state index in [9.17, 15) is 9.59 Å². The van der Waals surface area contributed by atoms with E-state index >= 15 is 0 Å². The Balaban J connectivity index is 2.09. The molecule has 0 aromatic carbocycles. The molecule has 1 N–H and O–H groups in total. The number of halogens is 3. The second-order valence-electron chi connectivity index (χ2n) is 6.28. The van der Waals surface area contributed by atoms with Gasteiger partial charge in [0.1, 0.15) is 0 Å². The van der Waals surface area contributed by atoms with Gasteiger partial charge in [-0.25, -0.2) is 0 Å². The number of carbonyl (C=O) groups excluding carboxylic acids is 2. The summed E-state index contributed by atoms with van der Waals surface area (Å²) in [5, 5.41) is 3.33. The van der Waals surface area contributed by atoms with Crippen LogP contribution in [0, 0.1) is 0 Å². The summed E-state index contributed by atoms with van der Waals surface area (Å²) in [4.78, 5) is 26.3. The van der Waals surface area contributed by atoms with E-state index in [0.29, 0.717) is 0 Å². The molecule has 2 aliphatic heterocycles. The number of amides is 1. The van der Waals surface area contributed by atoms with Gasteiger partial charge in [-0.3, -0.25) is 0 Å². The third-order valence-corrected chi connectivity index (χ3v) is 6.48. The van der Waals surface area contributed by atoms with Gasteiger partial charge in [0.25, 0.3) is 0 Å². The maximum atomic E-state index is 12.4. The summed E-state index contributed by atoms with van der Waals surface area (Å²) in [5.74, 6) is -0.583. The van der Waals surface area contributed by atoms with E-state index in [0.717, 1.165) is 0 Å². The van der Waals surface area contributed by atoms with Crippen molar-refractivity contribution >= 4 is 66.5 Å². The van der Waals surface area contributed by atoms with Crippen molar-refractivity contribution < 1.29 is 14.3 Å². The van der Waals surface area contributed by atoms with Gasteiger partial charge in [-0.05, 0) is 0 Å². The standard InChI is InChI=1S/C12H20Cl3N2O3PS/c1-11(2)7(10(19)20-5-12(13,14)15)17-8(18)6(9(17)22-11)16-21(3)4/h6-7,9,16H,5,21H2,1-4H3/t6-,7+,9-/m1/s1. The van der Waals surface area contributed by atoms with Crippen LogP contribution in [0.2, 0.25) is 0 Å². The van der Waals surface area contributed by atoms with E-state index in [1.54, 1.807) is 16.7 Å². The second-order valence-corrected chi connectivity index (χ2v) is 13.2. The molecule has 0 unspecified atom stereocenters. The first kappa shape index (κ1) is 18.9. The van der Waals surface area contributed by atoms with Gasteiger partial charge in [0, 0.05) is 0 Å². The zero-order valence-corrected chi connectivity index (χ0v) is 17.0. The van der Waals surface area contributed by atoms with Gasteiger partial charge >= 0.3 is 151 Å². The van der Waals surface area contributed by atoms with Crippen molar-refractivity contribution in [2.45, 2.75) is 39.8 Å². The Morgan fingerprint density at radius 1 is 1.45 bits per heavy atom. The number of nitrogens with one attached hydrogen (secondary N) is 1. The van der Waals surface area contributed by atoms with Gasteiger partial charge in [-0.1, -0.05) is 0 Å². The minimum absolute atomic E-state index is 0.0392. The number of hydrogen-bond donors (Lipinski definition) is 1. The Kier molecular flexibility index (Phi) is 5.54. The molecule has 0 spiro atoms. The van der Waals surface area contributed by atoms with Crippen molar-refractivity contribution in [3.05, 3.63) is 0 Å². The number of carbonyl (C=O) groups is 2. The first-order chi connectivity index (χ1) is 9.94. The average Bonchev–Trinajstić information content (AvgIpc) is 2.61. The number of thioether (sulfide) groups is 1. The zero-order chi connectivity index (χ0) is 16.9. The Labute approximate surface area is 150 Å². The predicted octanol–water partition coefficient (Wildman–Crippen LogP) is 2.04. The number of nitrogens with zero attached hydrogens (tertiary/aromatic N) is 1. The number of esters is 1. The number of alkyl halides is 3. The molecule has 0 aromatic heterocycles. The van der Waals surface area contributed by atoms with Crippen LogP contribution in [-0.4, -0.2) is 62.7 Å². The number of fused-ring (bicyclic) bond motifs is 1. The molecule has 128 valence electrons. The average molecular weight is 410 g/mol. The van der Waals surface area contributed by atoms with Gasteiger partial charge in [0.2, 0.25) is 0 Å². The molecule has 2 heterocycles. The van der Waals surface area contributed by atoms with Crippen molar-refractivity contribution in [3.63, 3.8) is 0 Å². The SMILES string of the molecule is C[PH2](C)N[C@@H]1C(=O)N2[C@@H]1SC(C)(C)[C@@H]2C(=O)OCC(Cl)(Cl)Cl. The van der Waals surface area contributed by atoms with Crippen LogP contribution in [0.4, 0.5) is 0 Å². The number of hydrogen-bond acceptors (Lipinski definition) is 5. The van der Waals surface area contributed by atoms with Crippen LogP contribution < -0.4 is 5.09 Å². The Hall–Kier alpha value is 0.550. The quantitative estimate of drug-likeness (QED) is 0.333. The fraction of sp³-hybridized carbons (Fsp3) is 0.833. The van der Waals surface area contributed by atoms with Crippen molar-refractivity contribution in [1.29, 1.82) is 0 Å². The molecule has 22 heavy (non-hydrogen) atoms. The van der Waals surface area contributed by atoms with Crippen LogP contribution in [0.25, 0.3) is 0 Å². The molecule has 0 aliphatic carbocycles. The van der Waals surface area contributed by atoms with Crippen molar-refractivity contribution in [2.24, 2.45) is 0 Å². The van der Waals surface area contributed by atoms with Gasteiger partial charge in [0.05, 0.1) is 0 Å². The molecule has 2 rings (SSSR count). The van der Waals surface area contributed by atoms with Crippen LogP contribution in [0.1, 0.15) is 13.8 Å². The molecule has 0 bridgehead atoms. The molecule has 3 atom stereocenters. The van der Waals surface area contributed by atoms with Crippen molar-refractivity contribution in [2.75, 3.05) is 19.9 Å². The number of β-lactam (4-membered cyclic amide) rings is 1. The van der Waals surface area contributed by atoms with Gasteiger partial charge in [-0.2, -0.15) is 0 Å². The first-order valence-corrected chi connectivity index (χ1v) is 11.8. The summed E-state index contributed by atoms with van der Waals surface area (Å²) in [5.41, 5.74) is 0. The topological polar surface area (TPSA) is 58.6 Å². The maximum absolute atomic E-state index is 12.4. The molecule has 2 fully saturated rings. The minimum atomic E-state index is -1.66. The van der Waals surface area contributed by atoms with E-state index in [4.69, 9.17) is 39.5 Å². The normalized spacial score (nSPS) is 30.7. The fourth-order valence-corrected chi connectivity index (χ4v) is 5.72. The van der Waals surface area contributed by atoms with Crippen LogP contribution >= 0.6 is 54.6 Å². The predicted molar refractivity (Wildman–Crippen MR) is 95.8 cm³/mol. The number of ether oxygens (including phenoxy) is 1. The van der Waals surface area contributed by atoms with Crippen LogP contribution in [0.3, 0.4) is 0 Å². The summed E-state index contributed by atoms with van der Waals surface area (Å²) >= 11 is 18.4. The molecular formula is C12H20Cl3N2O3PS. The third-order valence-electron chi connectivity index (χ3n) is 3.56. The molecule has 0 aromatic rings. The van der Waals surface area contributed by atoms with E-state index in [1.165, 1.54) is 0 Å². The summed E-state index contributed by atoms with van der Waals surface area (Å²) in [6, 6.07) is -0.865. The zero-order valence-electron chi connectivity index (χ0n) is 12.7. The van der Waals surface area contributed by atoms with Crippen LogP contribution in [0.5, 0.6) is 0 Å². The molecule has 5 nitrogen and oxygen atoms in total. The van der Waals surface area contributed by atoms with E-state index < -0.39 is 28.6 Å².